The first kappa shape index (κ1) is 42.8. The number of carboxylic acid groups (broad SMARTS) is 2. The van der Waals surface area contributed by atoms with E-state index in [1.807, 2.05) is 0 Å². The molecule has 20 nitrogen and oxygen atoms in total. The van der Waals surface area contributed by atoms with Crippen molar-refractivity contribution in [3.05, 3.63) is 89.3 Å². The van der Waals surface area contributed by atoms with E-state index in [-0.39, 0.29) is 64.7 Å². The van der Waals surface area contributed by atoms with Crippen LogP contribution in [0.3, 0.4) is 0 Å². The lowest BCUT2D eigenvalue weighted by Gasteiger charge is -2.38. The number of nitrogens with one attached hydrogen (secondary N) is 2. The van der Waals surface area contributed by atoms with E-state index in [4.69, 9.17) is 16.3 Å². The van der Waals surface area contributed by atoms with E-state index in [0.29, 0.717) is 47.4 Å². The molecule has 0 radical (unpaired) electrons. The number of fused-ring (bicyclic) bond motifs is 1. The second-order valence-corrected chi connectivity index (χ2v) is 16.1. The van der Waals surface area contributed by atoms with Gasteiger partial charge in [0.2, 0.25) is 5.91 Å². The Bertz CT molecular complexity index is 2580. The summed E-state index contributed by atoms with van der Waals surface area (Å²) in [7, 11) is 0. The number of hydrogen-bond donors (Lipinski definition) is 4. The normalized spacial score (nSPS) is 15.4. The average Bonchev–Trinajstić information content (AvgIpc) is 3.90. The predicted octanol–water partition coefficient (Wildman–Crippen LogP) is 4.51. The van der Waals surface area contributed by atoms with Gasteiger partial charge in [-0.25, -0.2) is 19.0 Å². The van der Waals surface area contributed by atoms with Crippen molar-refractivity contribution in [3.8, 4) is 5.69 Å². The number of rotatable bonds is 10. The van der Waals surface area contributed by atoms with Crippen LogP contribution in [0.15, 0.2) is 73.1 Å². The molecule has 2 aliphatic heterocycles. The fourth-order valence-electron chi connectivity index (χ4n) is 7.43. The van der Waals surface area contributed by atoms with E-state index in [1.165, 1.54) is 40.2 Å². The molecule has 2 aliphatic rings. The number of piperazine rings is 1. The summed E-state index contributed by atoms with van der Waals surface area (Å²) >= 11 is 6.31. The third kappa shape index (κ3) is 9.19. The van der Waals surface area contributed by atoms with Crippen molar-refractivity contribution >= 4 is 81.4 Å². The van der Waals surface area contributed by atoms with Crippen LogP contribution in [-0.2, 0) is 30.3 Å². The van der Waals surface area contributed by atoms with Gasteiger partial charge in [0.25, 0.3) is 0 Å². The number of urea groups is 1. The molecule has 4 N–H and O–H groups in total. The summed E-state index contributed by atoms with van der Waals surface area (Å²) in [5.74, 6) is -4.68. The minimum Gasteiger partial charge on any atom is -0.477 e. The van der Waals surface area contributed by atoms with Gasteiger partial charge in [-0.1, -0.05) is 23.7 Å². The molecule has 0 saturated carbocycles. The summed E-state index contributed by atoms with van der Waals surface area (Å²) in [5, 5.41) is 36.6. The Labute approximate surface area is 357 Å². The molecule has 0 bridgehead atoms. The molecule has 3 aromatic carbocycles. The minimum absolute atomic E-state index is 0.0452. The number of likely N-dealkylation sites (tertiary alicyclic amines) is 1. The van der Waals surface area contributed by atoms with Gasteiger partial charge < -0.3 is 40.3 Å². The van der Waals surface area contributed by atoms with Crippen LogP contribution in [0.2, 0.25) is 5.02 Å². The number of carbonyl (C=O) groups excluding carboxylic acids is 5. The molecule has 21 heteroatoms. The van der Waals surface area contributed by atoms with E-state index in [0.717, 1.165) is 11.0 Å². The van der Waals surface area contributed by atoms with Gasteiger partial charge in [-0.2, -0.15) is 4.68 Å². The summed E-state index contributed by atoms with van der Waals surface area (Å²) in [6, 6.07) is 15.0. The lowest BCUT2D eigenvalue weighted by molar-refractivity contribution is -0.161. The van der Waals surface area contributed by atoms with Gasteiger partial charge in [0.1, 0.15) is 23.7 Å². The number of hydrogen-bond acceptors (Lipinski definition) is 11. The molecule has 2 saturated heterocycles. The van der Waals surface area contributed by atoms with E-state index < -0.39 is 47.1 Å². The Balaban J connectivity index is 1.10. The number of carbonyl (C=O) groups is 7. The quantitative estimate of drug-likeness (QED) is 0.112. The second kappa shape index (κ2) is 17.3. The highest BCUT2D eigenvalue weighted by atomic mass is 35.5. The van der Waals surface area contributed by atoms with Gasteiger partial charge in [0.15, 0.2) is 0 Å². The minimum atomic E-state index is -1.51. The highest BCUT2D eigenvalue weighted by Gasteiger charge is 2.41. The third-order valence-corrected chi connectivity index (χ3v) is 10.6. The Morgan fingerprint density at radius 1 is 0.855 bits per heavy atom. The Hall–Kier alpha value is -7.35. The molecule has 1 atom stereocenters. The number of nitrogens with zero attached hydrogens (tertiary/aromatic N) is 8. The van der Waals surface area contributed by atoms with Crippen LogP contribution in [-0.4, -0.2) is 124 Å². The first-order chi connectivity index (χ1) is 29.5. The van der Waals surface area contributed by atoms with Crippen LogP contribution >= 0.6 is 11.6 Å². The van der Waals surface area contributed by atoms with E-state index in [1.54, 1.807) is 62.1 Å². The van der Waals surface area contributed by atoms with Crippen molar-refractivity contribution in [1.82, 2.24) is 34.6 Å². The number of anilines is 3. The molecule has 322 valence electrons. The fourth-order valence-corrected chi connectivity index (χ4v) is 7.60. The zero-order valence-electron chi connectivity index (χ0n) is 33.6. The van der Waals surface area contributed by atoms with Crippen LogP contribution in [0, 0.1) is 5.92 Å². The molecule has 4 heterocycles. The van der Waals surface area contributed by atoms with Crippen molar-refractivity contribution < 1.29 is 48.5 Å². The average molecular weight is 869 g/mol. The number of benzene rings is 3. The molecular formula is C41H41ClN10O10. The van der Waals surface area contributed by atoms with Gasteiger partial charge in [-0.05, 0) is 104 Å². The van der Waals surface area contributed by atoms with E-state index in [9.17, 15) is 43.8 Å². The second-order valence-electron chi connectivity index (χ2n) is 15.7. The van der Waals surface area contributed by atoms with Crippen molar-refractivity contribution in [2.45, 2.75) is 51.7 Å². The third-order valence-electron chi connectivity index (χ3n) is 10.4. The topological polar surface area (TPSA) is 251 Å². The number of amides is 5. The maximum absolute atomic E-state index is 14.3. The van der Waals surface area contributed by atoms with Crippen molar-refractivity contribution in [3.63, 3.8) is 0 Å². The van der Waals surface area contributed by atoms with Crippen LogP contribution in [0.5, 0.6) is 0 Å². The lowest BCUT2D eigenvalue weighted by atomic mass is 9.97. The first-order valence-corrected chi connectivity index (χ1v) is 19.8. The SMILES string of the molecule is CC(C)(C)OC(=O)C1CCN(C(=O)Nc2ccc(C[C@@H](C(=O)Nc3ccc4c(c3)cc(C(=O)O)n4C(=O)O)N3CCN(c4cc(Cl)ccc4-n4cnnn4)C(=O)C3=O)cc2)CC1. The van der Waals surface area contributed by atoms with E-state index in [2.05, 4.69) is 26.2 Å². The summed E-state index contributed by atoms with van der Waals surface area (Å²) in [4.78, 5) is 95.6. The number of piperidine rings is 1. The van der Waals surface area contributed by atoms with E-state index >= 15 is 0 Å². The standard InChI is InChI=1S/C41H41ClN10O10/c1-41(2,3)62-38(58)24-12-14-48(15-13-24)39(59)45-27-7-4-23(5-8-27)18-32(34(53)44-28-9-11-29-25(19-28)20-33(37(56)57)52(29)40(60)61)50-17-16-49(35(54)36(50)55)31-21-26(42)6-10-30(31)51-22-43-46-47-51/h4-11,19-22,24,32H,12-18H2,1-3H3,(H,44,53)(H,45,59)(H,56,57)(H,60,61)/t32-/m0/s1. The number of aromatic nitrogens is 5. The van der Waals surface area contributed by atoms with Gasteiger partial charge >= 0.3 is 35.9 Å². The Kier molecular flexibility index (Phi) is 11.9. The highest BCUT2D eigenvalue weighted by molar-refractivity contribution is 6.41. The van der Waals surface area contributed by atoms with Crippen LogP contribution in [0.4, 0.5) is 26.7 Å². The van der Waals surface area contributed by atoms with Crippen molar-refractivity contribution in [1.29, 1.82) is 0 Å². The molecule has 2 aromatic heterocycles. The molecule has 0 aliphatic carbocycles. The predicted molar refractivity (Wildman–Crippen MR) is 222 cm³/mol. The molecule has 62 heavy (non-hydrogen) atoms. The maximum atomic E-state index is 14.3. The number of aromatic carboxylic acids is 1. The number of ether oxygens (including phenoxy) is 1. The fraction of sp³-hybridized carbons (Fsp3) is 0.317. The Morgan fingerprint density at radius 2 is 1.56 bits per heavy atom. The van der Waals surface area contributed by atoms with Crippen molar-refractivity contribution in [2.75, 3.05) is 41.7 Å². The van der Waals surface area contributed by atoms with Gasteiger partial charge in [-0.15, -0.1) is 5.10 Å². The van der Waals surface area contributed by atoms with Gasteiger partial charge in [0, 0.05) is 54.4 Å². The molecule has 5 aromatic rings. The smallest absolute Gasteiger partial charge is 0.416 e. The molecule has 5 amide bonds. The maximum Gasteiger partial charge on any atom is 0.416 e. The molecule has 7 rings (SSSR count). The molecular weight excluding hydrogens is 828 g/mol. The largest absolute Gasteiger partial charge is 0.477 e. The van der Waals surface area contributed by atoms with Crippen LogP contribution < -0.4 is 15.5 Å². The molecule has 2 fully saturated rings. The highest BCUT2D eigenvalue weighted by Crippen LogP contribution is 2.31. The summed E-state index contributed by atoms with van der Waals surface area (Å²) in [5.41, 5.74) is 0.794. The zero-order chi connectivity index (χ0) is 44.5. The number of carboxylic acids is 1. The monoisotopic (exact) mass is 868 g/mol. The summed E-state index contributed by atoms with van der Waals surface area (Å²) < 4.78 is 7.43. The number of tetrazole rings is 1. The number of esters is 1. The van der Waals surface area contributed by atoms with Gasteiger partial charge in [0.05, 0.1) is 22.8 Å². The lowest BCUT2D eigenvalue weighted by Crippen LogP contribution is -2.60. The van der Waals surface area contributed by atoms with Crippen LogP contribution in [0.1, 0.15) is 49.7 Å². The summed E-state index contributed by atoms with van der Waals surface area (Å²) in [6.45, 7) is 6.00. The molecule has 0 unspecified atom stereocenters. The first-order valence-electron chi connectivity index (χ1n) is 19.4. The Morgan fingerprint density at radius 3 is 2.21 bits per heavy atom. The summed E-state index contributed by atoms with van der Waals surface area (Å²) in [6.07, 6.45) is 0.660. The zero-order valence-corrected chi connectivity index (χ0v) is 34.4. The number of halogens is 1. The van der Waals surface area contributed by atoms with Gasteiger partial charge in [-0.3, -0.25) is 19.2 Å². The van der Waals surface area contributed by atoms with Crippen LogP contribution in [0.25, 0.3) is 16.6 Å². The molecule has 0 spiro atoms. The van der Waals surface area contributed by atoms with Crippen molar-refractivity contribution in [2.24, 2.45) is 5.92 Å².